The summed E-state index contributed by atoms with van der Waals surface area (Å²) in [4.78, 5) is 12.4. The van der Waals surface area contributed by atoms with Crippen LogP contribution in [0.5, 0.6) is 5.88 Å². The van der Waals surface area contributed by atoms with Crippen LogP contribution in [0.15, 0.2) is 54.6 Å². The molecule has 0 aliphatic carbocycles. The molecule has 0 amide bonds. The Balaban J connectivity index is 1.95. The Morgan fingerprint density at radius 2 is 1.92 bits per heavy atom. The fourth-order valence-corrected chi connectivity index (χ4v) is 2.62. The van der Waals surface area contributed by atoms with Gasteiger partial charge in [0.15, 0.2) is 0 Å². The molecule has 0 unspecified atom stereocenters. The molecule has 0 saturated heterocycles. The van der Waals surface area contributed by atoms with Gasteiger partial charge in [-0.3, -0.25) is 0 Å². The van der Waals surface area contributed by atoms with Crippen molar-refractivity contribution in [3.05, 3.63) is 76.7 Å². The van der Waals surface area contributed by atoms with Gasteiger partial charge in [-0.1, -0.05) is 37.1 Å². The minimum atomic E-state index is -0.572. The Labute approximate surface area is 149 Å². The van der Waals surface area contributed by atoms with Gasteiger partial charge in [0.05, 0.1) is 22.0 Å². The van der Waals surface area contributed by atoms with Crippen LogP contribution >= 0.6 is 11.6 Å². The van der Waals surface area contributed by atoms with Gasteiger partial charge in [0.25, 0.3) is 0 Å². The molecule has 0 radical (unpaired) electrons. The summed E-state index contributed by atoms with van der Waals surface area (Å²) in [6.45, 7) is 2.03. The monoisotopic (exact) mass is 358 g/mol. The van der Waals surface area contributed by atoms with E-state index in [2.05, 4.69) is 5.10 Å². The van der Waals surface area contributed by atoms with E-state index in [1.165, 1.54) is 16.8 Å². The number of carbonyl (C=O) groups excluding carboxylic acids is 1. The van der Waals surface area contributed by atoms with Crippen molar-refractivity contribution >= 4 is 17.6 Å². The van der Waals surface area contributed by atoms with E-state index in [9.17, 15) is 9.18 Å². The first-order valence-electron chi connectivity index (χ1n) is 7.90. The molecule has 1 heterocycles. The first-order chi connectivity index (χ1) is 12.1. The predicted octanol–water partition coefficient (Wildman–Crippen LogP) is 4.84. The molecule has 0 aliphatic rings. The third-order valence-corrected chi connectivity index (χ3v) is 3.93. The topological polar surface area (TPSA) is 44.1 Å². The molecule has 25 heavy (non-hydrogen) atoms. The van der Waals surface area contributed by atoms with E-state index in [1.54, 1.807) is 42.5 Å². The molecule has 0 bridgehead atoms. The van der Waals surface area contributed by atoms with Crippen molar-refractivity contribution < 1.29 is 13.9 Å². The van der Waals surface area contributed by atoms with Gasteiger partial charge >= 0.3 is 5.97 Å². The highest BCUT2D eigenvalue weighted by atomic mass is 35.5. The molecule has 0 atom stereocenters. The Bertz CT molecular complexity index is 891. The molecular formula is C19H16ClFN2O2. The summed E-state index contributed by atoms with van der Waals surface area (Å²) in [5.74, 6) is -0.656. The van der Waals surface area contributed by atoms with Crippen LogP contribution in [0.1, 0.15) is 29.4 Å². The average Bonchev–Trinajstić information content (AvgIpc) is 2.98. The number of halogens is 2. The highest BCUT2D eigenvalue weighted by molar-refractivity contribution is 6.33. The maximum Gasteiger partial charge on any atom is 0.346 e. The highest BCUT2D eigenvalue weighted by Gasteiger charge is 2.17. The average molecular weight is 359 g/mol. The number of aromatic nitrogens is 2. The number of esters is 1. The lowest BCUT2D eigenvalue weighted by atomic mass is 10.2. The third kappa shape index (κ3) is 3.88. The van der Waals surface area contributed by atoms with Crippen LogP contribution in [0.25, 0.3) is 5.69 Å². The van der Waals surface area contributed by atoms with Crippen LogP contribution in [0.3, 0.4) is 0 Å². The van der Waals surface area contributed by atoms with Gasteiger partial charge in [-0.25, -0.2) is 13.9 Å². The summed E-state index contributed by atoms with van der Waals surface area (Å²) in [6.07, 6.45) is 1.64. The molecule has 128 valence electrons. The molecule has 6 heteroatoms. The second kappa shape index (κ2) is 7.49. The maximum atomic E-state index is 13.2. The summed E-state index contributed by atoms with van der Waals surface area (Å²) in [6, 6.07) is 14.2. The highest BCUT2D eigenvalue weighted by Crippen LogP contribution is 2.23. The van der Waals surface area contributed by atoms with Crippen LogP contribution in [-0.4, -0.2) is 15.7 Å². The van der Waals surface area contributed by atoms with Crippen LogP contribution in [0.2, 0.25) is 5.02 Å². The second-order valence-corrected chi connectivity index (χ2v) is 5.89. The number of nitrogens with zero attached hydrogens (tertiary/aromatic N) is 2. The van der Waals surface area contributed by atoms with Gasteiger partial charge in [0.1, 0.15) is 5.82 Å². The number of carbonyl (C=O) groups is 1. The maximum absolute atomic E-state index is 13.2. The molecule has 3 aromatic rings. The standard InChI is InChI=1S/C19H16ClFN2O2/c1-2-5-14-12-18(23(22-14)15-10-8-13(21)9-11-15)25-19(24)16-6-3-4-7-17(16)20/h3-4,6-12H,2,5H2,1H3. The molecular weight excluding hydrogens is 343 g/mol. The van der Waals surface area contributed by atoms with Gasteiger partial charge in [-0.15, -0.1) is 0 Å². The summed E-state index contributed by atoms with van der Waals surface area (Å²) in [5.41, 5.74) is 1.66. The minimum absolute atomic E-state index is 0.264. The fourth-order valence-electron chi connectivity index (χ4n) is 2.41. The number of hydrogen-bond donors (Lipinski definition) is 0. The molecule has 3 rings (SSSR count). The number of benzene rings is 2. The Hall–Kier alpha value is -2.66. The largest absolute Gasteiger partial charge is 0.404 e. The van der Waals surface area contributed by atoms with Crippen LogP contribution in [0, 0.1) is 5.82 Å². The molecule has 0 N–H and O–H groups in total. The van der Waals surface area contributed by atoms with Crippen molar-refractivity contribution in [3.8, 4) is 11.6 Å². The molecule has 2 aromatic carbocycles. The van der Waals surface area contributed by atoms with Crippen molar-refractivity contribution in [2.75, 3.05) is 0 Å². The summed E-state index contributed by atoms with van der Waals surface area (Å²) in [5, 5.41) is 4.77. The van der Waals surface area contributed by atoms with Gasteiger partial charge in [0.2, 0.25) is 5.88 Å². The quantitative estimate of drug-likeness (QED) is 0.613. The minimum Gasteiger partial charge on any atom is -0.404 e. The summed E-state index contributed by atoms with van der Waals surface area (Å²) < 4.78 is 20.2. The van der Waals surface area contributed by atoms with E-state index in [0.717, 1.165) is 18.5 Å². The van der Waals surface area contributed by atoms with E-state index in [4.69, 9.17) is 16.3 Å². The van der Waals surface area contributed by atoms with Crippen molar-refractivity contribution in [2.45, 2.75) is 19.8 Å². The molecule has 0 spiro atoms. The first-order valence-corrected chi connectivity index (χ1v) is 8.28. The van der Waals surface area contributed by atoms with Crippen LogP contribution in [-0.2, 0) is 6.42 Å². The summed E-state index contributed by atoms with van der Waals surface area (Å²) >= 11 is 6.05. The van der Waals surface area contributed by atoms with Crippen LogP contribution < -0.4 is 4.74 Å². The van der Waals surface area contributed by atoms with Crippen molar-refractivity contribution in [1.82, 2.24) is 9.78 Å². The number of rotatable bonds is 5. The number of aryl methyl sites for hydroxylation is 1. The second-order valence-electron chi connectivity index (χ2n) is 5.48. The Kier molecular flexibility index (Phi) is 5.14. The lowest BCUT2D eigenvalue weighted by molar-refractivity contribution is 0.0723. The Morgan fingerprint density at radius 1 is 1.20 bits per heavy atom. The molecule has 0 aliphatic heterocycles. The molecule has 4 nitrogen and oxygen atoms in total. The summed E-state index contributed by atoms with van der Waals surface area (Å²) in [7, 11) is 0. The van der Waals surface area contributed by atoms with Gasteiger partial charge in [0, 0.05) is 6.07 Å². The van der Waals surface area contributed by atoms with Gasteiger partial charge < -0.3 is 4.74 Å². The van der Waals surface area contributed by atoms with Gasteiger partial charge in [-0.2, -0.15) is 5.10 Å². The van der Waals surface area contributed by atoms with E-state index in [-0.39, 0.29) is 17.3 Å². The molecule has 1 aromatic heterocycles. The zero-order valence-electron chi connectivity index (χ0n) is 13.6. The lowest BCUT2D eigenvalue weighted by Gasteiger charge is -2.08. The SMILES string of the molecule is CCCc1cc(OC(=O)c2ccccc2Cl)n(-c2ccc(F)cc2)n1. The van der Waals surface area contributed by atoms with E-state index >= 15 is 0 Å². The fraction of sp³-hybridized carbons (Fsp3) is 0.158. The molecule has 0 fully saturated rings. The number of hydrogen-bond acceptors (Lipinski definition) is 3. The first kappa shape index (κ1) is 17.2. The van der Waals surface area contributed by atoms with Crippen molar-refractivity contribution in [3.63, 3.8) is 0 Å². The van der Waals surface area contributed by atoms with E-state index in [0.29, 0.717) is 10.7 Å². The number of ether oxygens (including phenoxy) is 1. The molecule has 0 saturated carbocycles. The van der Waals surface area contributed by atoms with Crippen molar-refractivity contribution in [2.24, 2.45) is 0 Å². The zero-order valence-corrected chi connectivity index (χ0v) is 14.3. The lowest BCUT2D eigenvalue weighted by Crippen LogP contribution is -2.12. The smallest absolute Gasteiger partial charge is 0.346 e. The van der Waals surface area contributed by atoms with Gasteiger partial charge in [-0.05, 0) is 42.8 Å². The van der Waals surface area contributed by atoms with E-state index in [1.807, 2.05) is 6.92 Å². The van der Waals surface area contributed by atoms with E-state index < -0.39 is 5.97 Å². The zero-order chi connectivity index (χ0) is 17.8. The van der Waals surface area contributed by atoms with Crippen LogP contribution in [0.4, 0.5) is 4.39 Å². The van der Waals surface area contributed by atoms with Crippen molar-refractivity contribution in [1.29, 1.82) is 0 Å². The third-order valence-electron chi connectivity index (χ3n) is 3.60. The normalized spacial score (nSPS) is 10.7. The predicted molar refractivity (Wildman–Crippen MR) is 93.9 cm³/mol. The Morgan fingerprint density at radius 3 is 2.60 bits per heavy atom.